The Morgan fingerprint density at radius 3 is 1.70 bits per heavy atom. The minimum Gasteiger partial charge on any atom is -0.544 e. The Hall–Kier alpha value is -1.16. The normalized spacial score (nSPS) is 12.0. The second-order valence-electron chi connectivity index (χ2n) is 9.52. The third-order valence-electron chi connectivity index (χ3n) is 5.74. The van der Waals surface area contributed by atoms with E-state index in [1.807, 2.05) is 14.1 Å². The van der Waals surface area contributed by atoms with Crippen molar-refractivity contribution in [3.63, 3.8) is 0 Å². The number of quaternary nitrogens is 1. The van der Waals surface area contributed by atoms with Crippen LogP contribution in [0.2, 0.25) is 0 Å². The van der Waals surface area contributed by atoms with Gasteiger partial charge in [0.2, 0.25) is 0 Å². The van der Waals surface area contributed by atoms with Crippen LogP contribution >= 0.6 is 0 Å². The van der Waals surface area contributed by atoms with E-state index < -0.39 is 5.97 Å². The predicted octanol–water partition coefficient (Wildman–Crippen LogP) is 5.59. The van der Waals surface area contributed by atoms with Crippen LogP contribution in [-0.4, -0.2) is 43.4 Å². The number of rotatable bonds is 22. The number of allylic oxidation sites excluding steroid dienone is 2. The van der Waals surface area contributed by atoms with Crippen molar-refractivity contribution in [1.29, 1.82) is 0 Å². The number of Topliss-reactive ketones (excluding diaryl/α,β-unsaturated/α-hetero) is 1. The molecule has 0 bridgehead atoms. The van der Waals surface area contributed by atoms with Crippen LogP contribution in [-0.2, 0) is 9.59 Å². The minimum atomic E-state index is -1.01. The van der Waals surface area contributed by atoms with Crippen molar-refractivity contribution in [2.24, 2.45) is 0 Å². The topological polar surface area (TPSA) is 57.2 Å². The van der Waals surface area contributed by atoms with Crippen molar-refractivity contribution in [3.05, 3.63) is 12.2 Å². The van der Waals surface area contributed by atoms with Crippen molar-refractivity contribution in [2.45, 2.75) is 116 Å². The molecular formula is C26H49NO3. The highest BCUT2D eigenvalue weighted by atomic mass is 16.4. The van der Waals surface area contributed by atoms with Crippen LogP contribution in [0.25, 0.3) is 0 Å². The van der Waals surface area contributed by atoms with Gasteiger partial charge in [0, 0.05) is 12.8 Å². The number of hydrogen-bond donors (Lipinski definition) is 0. The first kappa shape index (κ1) is 28.8. The number of carbonyl (C=O) groups excluding carboxylic acids is 2. The van der Waals surface area contributed by atoms with Gasteiger partial charge in [-0.2, -0.15) is 0 Å². The van der Waals surface area contributed by atoms with E-state index in [2.05, 4.69) is 19.1 Å². The molecule has 0 N–H and O–H groups in total. The molecule has 0 atom stereocenters. The van der Waals surface area contributed by atoms with Crippen LogP contribution in [0.3, 0.4) is 0 Å². The highest BCUT2D eigenvalue weighted by Crippen LogP contribution is 2.11. The van der Waals surface area contributed by atoms with Crippen LogP contribution in [0.5, 0.6) is 0 Å². The zero-order valence-corrected chi connectivity index (χ0v) is 20.3. The molecular weight excluding hydrogens is 374 g/mol. The Morgan fingerprint density at radius 2 is 1.17 bits per heavy atom. The Bertz CT molecular complexity index is 457. The predicted molar refractivity (Wildman–Crippen MR) is 125 cm³/mol. The van der Waals surface area contributed by atoms with E-state index in [1.54, 1.807) is 0 Å². The summed E-state index contributed by atoms with van der Waals surface area (Å²) in [6.45, 7) is 3.07. The minimum absolute atomic E-state index is 0.0306. The largest absolute Gasteiger partial charge is 0.544 e. The van der Waals surface area contributed by atoms with Gasteiger partial charge in [-0.05, 0) is 44.9 Å². The molecule has 0 aromatic rings. The number of ketones is 1. The highest BCUT2D eigenvalue weighted by molar-refractivity contribution is 5.78. The van der Waals surface area contributed by atoms with Crippen molar-refractivity contribution in [1.82, 2.24) is 0 Å². The van der Waals surface area contributed by atoms with Crippen LogP contribution in [0, 0.1) is 0 Å². The molecule has 30 heavy (non-hydrogen) atoms. The van der Waals surface area contributed by atoms with Gasteiger partial charge in [0.15, 0.2) is 0 Å². The van der Waals surface area contributed by atoms with E-state index in [9.17, 15) is 14.7 Å². The zero-order chi connectivity index (χ0) is 22.5. The summed E-state index contributed by atoms with van der Waals surface area (Å²) in [6, 6.07) is 0. The Kier molecular flexibility index (Phi) is 19.0. The maximum Gasteiger partial charge on any atom is 0.132 e. The Labute approximate surface area is 186 Å². The summed E-state index contributed by atoms with van der Waals surface area (Å²) < 4.78 is 0.421. The van der Waals surface area contributed by atoms with Crippen LogP contribution in [0.1, 0.15) is 116 Å². The Morgan fingerprint density at radius 1 is 0.700 bits per heavy atom. The Balaban J connectivity index is 3.39. The van der Waals surface area contributed by atoms with E-state index >= 15 is 0 Å². The molecule has 0 saturated heterocycles. The lowest BCUT2D eigenvalue weighted by molar-refractivity contribution is -0.885. The molecule has 0 saturated carbocycles. The van der Waals surface area contributed by atoms with Gasteiger partial charge in [0.25, 0.3) is 0 Å². The second kappa shape index (κ2) is 19.8. The fourth-order valence-electron chi connectivity index (χ4n) is 3.81. The van der Waals surface area contributed by atoms with Gasteiger partial charge in [-0.15, -0.1) is 0 Å². The van der Waals surface area contributed by atoms with E-state index in [4.69, 9.17) is 0 Å². The molecule has 0 heterocycles. The summed E-state index contributed by atoms with van der Waals surface area (Å²) in [5.74, 6) is -0.655. The summed E-state index contributed by atoms with van der Waals surface area (Å²) in [5, 5.41) is 10.7. The van der Waals surface area contributed by atoms with E-state index in [0.29, 0.717) is 23.1 Å². The molecule has 0 aromatic heterocycles. The molecule has 4 nitrogen and oxygen atoms in total. The average Bonchev–Trinajstić information content (AvgIpc) is 2.67. The first-order valence-electron chi connectivity index (χ1n) is 12.6. The molecule has 0 amide bonds. The smallest absolute Gasteiger partial charge is 0.132 e. The second-order valence-corrected chi connectivity index (χ2v) is 9.52. The lowest BCUT2D eigenvalue weighted by Crippen LogP contribution is -2.48. The van der Waals surface area contributed by atoms with Gasteiger partial charge in [0.05, 0.1) is 26.6 Å². The molecule has 176 valence electrons. The SMILES string of the molecule is CCCCCCCC/C=C/CCCCCCCC(=O)CCCC[N+](C)(C)CC(=O)[O-]. The molecule has 0 spiro atoms. The summed E-state index contributed by atoms with van der Waals surface area (Å²) in [4.78, 5) is 22.7. The molecule has 0 unspecified atom stereocenters. The molecule has 0 rings (SSSR count). The number of carboxylic acids is 1. The lowest BCUT2D eigenvalue weighted by atomic mass is 10.0. The standard InChI is InChI=1S/C26H49NO3/c1-4-5-6-7-8-9-10-11-12-13-14-15-16-17-18-21-25(28)22-19-20-23-27(2,3)24-26(29)30/h11-12H,4-10,13-24H2,1-3H3/b12-11+. The average molecular weight is 424 g/mol. The quantitative estimate of drug-likeness (QED) is 0.130. The summed E-state index contributed by atoms with van der Waals surface area (Å²) >= 11 is 0. The molecule has 0 radical (unpaired) electrons. The first-order valence-corrected chi connectivity index (χ1v) is 12.6. The number of nitrogens with zero attached hydrogens (tertiary/aromatic N) is 1. The van der Waals surface area contributed by atoms with Gasteiger partial charge in [-0.3, -0.25) is 4.79 Å². The third-order valence-corrected chi connectivity index (χ3v) is 5.74. The van der Waals surface area contributed by atoms with Gasteiger partial charge < -0.3 is 14.4 Å². The van der Waals surface area contributed by atoms with Crippen LogP contribution in [0.15, 0.2) is 12.2 Å². The van der Waals surface area contributed by atoms with Crippen molar-refractivity contribution >= 4 is 11.8 Å². The summed E-state index contributed by atoms with van der Waals surface area (Å²) in [5.41, 5.74) is 0. The summed E-state index contributed by atoms with van der Waals surface area (Å²) in [6.07, 6.45) is 24.4. The molecule has 0 aliphatic heterocycles. The zero-order valence-electron chi connectivity index (χ0n) is 20.3. The van der Waals surface area contributed by atoms with Gasteiger partial charge in [0.1, 0.15) is 12.3 Å². The van der Waals surface area contributed by atoms with Gasteiger partial charge in [-0.1, -0.05) is 70.4 Å². The number of carboxylic acid groups (broad SMARTS) is 1. The van der Waals surface area contributed by atoms with Crippen LogP contribution in [0.4, 0.5) is 0 Å². The molecule has 0 fully saturated rings. The van der Waals surface area contributed by atoms with Crippen molar-refractivity contribution in [2.75, 3.05) is 27.2 Å². The number of hydrogen-bond acceptors (Lipinski definition) is 3. The van der Waals surface area contributed by atoms with E-state index in [0.717, 1.165) is 32.2 Å². The fourth-order valence-corrected chi connectivity index (χ4v) is 3.81. The molecule has 0 aliphatic rings. The molecule has 0 aromatic carbocycles. The summed E-state index contributed by atoms with van der Waals surface area (Å²) in [7, 11) is 3.78. The first-order chi connectivity index (χ1) is 14.4. The van der Waals surface area contributed by atoms with Crippen LogP contribution < -0.4 is 5.11 Å². The van der Waals surface area contributed by atoms with E-state index in [1.165, 1.54) is 70.6 Å². The van der Waals surface area contributed by atoms with Gasteiger partial charge in [-0.25, -0.2) is 0 Å². The lowest BCUT2D eigenvalue weighted by Gasteiger charge is -2.30. The van der Waals surface area contributed by atoms with E-state index in [-0.39, 0.29) is 6.54 Å². The molecule has 0 aliphatic carbocycles. The maximum atomic E-state index is 12.0. The van der Waals surface area contributed by atoms with Gasteiger partial charge >= 0.3 is 0 Å². The van der Waals surface area contributed by atoms with Crippen molar-refractivity contribution < 1.29 is 19.2 Å². The maximum absolute atomic E-state index is 12.0. The third kappa shape index (κ3) is 21.5. The highest BCUT2D eigenvalue weighted by Gasteiger charge is 2.14. The van der Waals surface area contributed by atoms with Crippen molar-refractivity contribution in [3.8, 4) is 0 Å². The number of carbonyl (C=O) groups is 2. The monoisotopic (exact) mass is 423 g/mol. The molecule has 4 heteroatoms. The number of likely N-dealkylation sites (N-methyl/N-ethyl adjacent to an activating group) is 1. The number of aliphatic carboxylic acids is 1. The fraction of sp³-hybridized carbons (Fsp3) is 0.846. The number of unbranched alkanes of at least 4 members (excludes halogenated alkanes) is 12.